The lowest BCUT2D eigenvalue weighted by atomic mass is 10.3. The lowest BCUT2D eigenvalue weighted by molar-refractivity contribution is -0.131. The number of carbonyl (C=O) groups excluding carboxylic acids is 1. The molecule has 0 aliphatic carbocycles. The van der Waals surface area contributed by atoms with Gasteiger partial charge in [-0.3, -0.25) is 9.69 Å². The fraction of sp³-hybridized carbons (Fsp3) is 0.562. The van der Waals surface area contributed by atoms with E-state index in [-0.39, 0.29) is 5.91 Å². The Hall–Kier alpha value is -1.75. The summed E-state index contributed by atoms with van der Waals surface area (Å²) >= 11 is 0. The molecule has 0 spiro atoms. The lowest BCUT2D eigenvalue weighted by Gasteiger charge is -2.21. The van der Waals surface area contributed by atoms with Crippen molar-refractivity contribution in [3.05, 3.63) is 24.3 Å². The minimum atomic E-state index is 0.245. The Morgan fingerprint density at radius 1 is 1.29 bits per heavy atom. The van der Waals surface area contributed by atoms with Crippen LogP contribution in [0.5, 0.6) is 5.75 Å². The van der Waals surface area contributed by atoms with Crippen molar-refractivity contribution in [1.82, 2.24) is 9.80 Å². The van der Waals surface area contributed by atoms with E-state index in [9.17, 15) is 4.79 Å². The Kier molecular flexibility index (Phi) is 5.87. The first kappa shape index (κ1) is 15.6. The Morgan fingerprint density at radius 2 is 1.95 bits per heavy atom. The summed E-state index contributed by atoms with van der Waals surface area (Å²) in [6.07, 6.45) is 3.18. The molecule has 1 amide bonds. The largest absolute Gasteiger partial charge is 0.494 e. The van der Waals surface area contributed by atoms with E-state index in [0.717, 1.165) is 50.3 Å². The van der Waals surface area contributed by atoms with Gasteiger partial charge >= 0.3 is 0 Å². The summed E-state index contributed by atoms with van der Waals surface area (Å²) in [6.45, 7) is 3.85. The first-order chi connectivity index (χ1) is 10.1. The zero-order valence-corrected chi connectivity index (χ0v) is 12.8. The molecule has 1 heterocycles. The highest BCUT2D eigenvalue weighted by molar-refractivity contribution is 5.78. The van der Waals surface area contributed by atoms with Gasteiger partial charge in [0.25, 0.3) is 0 Å². The van der Waals surface area contributed by atoms with Gasteiger partial charge in [0.1, 0.15) is 5.75 Å². The quantitative estimate of drug-likeness (QED) is 0.612. The van der Waals surface area contributed by atoms with Gasteiger partial charge < -0.3 is 15.4 Å². The van der Waals surface area contributed by atoms with Gasteiger partial charge in [-0.15, -0.1) is 0 Å². The molecule has 1 saturated heterocycles. The molecule has 1 aromatic carbocycles. The zero-order valence-electron chi connectivity index (χ0n) is 12.8. The molecule has 0 bridgehead atoms. The molecule has 0 atom stereocenters. The average molecular weight is 291 g/mol. The van der Waals surface area contributed by atoms with Crippen LogP contribution in [0, 0.1) is 0 Å². The molecular weight excluding hydrogens is 266 g/mol. The number of likely N-dealkylation sites (tertiary alicyclic amines) is 1. The maximum Gasteiger partial charge on any atom is 0.236 e. The maximum absolute atomic E-state index is 12.0. The molecule has 1 aliphatic heterocycles. The summed E-state index contributed by atoms with van der Waals surface area (Å²) in [5.41, 5.74) is 6.36. The Morgan fingerprint density at radius 3 is 2.62 bits per heavy atom. The Balaban J connectivity index is 1.59. The highest BCUT2D eigenvalue weighted by Crippen LogP contribution is 2.13. The minimum Gasteiger partial charge on any atom is -0.494 e. The van der Waals surface area contributed by atoms with E-state index in [4.69, 9.17) is 10.5 Å². The van der Waals surface area contributed by atoms with E-state index in [1.807, 2.05) is 36.2 Å². The van der Waals surface area contributed by atoms with E-state index < -0.39 is 0 Å². The fourth-order valence-corrected chi connectivity index (χ4v) is 2.47. The molecule has 1 fully saturated rings. The fourth-order valence-electron chi connectivity index (χ4n) is 2.47. The molecule has 116 valence electrons. The molecule has 5 heteroatoms. The standard InChI is InChI=1S/C16H25N3O2/c1-18(13-16(20)19-10-2-3-11-19)9-4-12-21-15-7-5-14(17)6-8-15/h5-8H,2-4,9-13,17H2,1H3. The molecule has 2 N–H and O–H groups in total. The molecule has 1 aromatic rings. The molecule has 0 radical (unpaired) electrons. The molecular formula is C16H25N3O2. The van der Waals surface area contributed by atoms with Gasteiger partial charge in [-0.1, -0.05) is 0 Å². The Bertz CT molecular complexity index is 441. The maximum atomic E-state index is 12.0. The third kappa shape index (κ3) is 5.27. The van der Waals surface area contributed by atoms with Gasteiger partial charge in [-0.2, -0.15) is 0 Å². The van der Waals surface area contributed by atoms with Crippen LogP contribution in [0.2, 0.25) is 0 Å². The number of rotatable bonds is 7. The van der Waals surface area contributed by atoms with Crippen LogP contribution in [0.25, 0.3) is 0 Å². The highest BCUT2D eigenvalue weighted by Gasteiger charge is 2.18. The molecule has 5 nitrogen and oxygen atoms in total. The van der Waals surface area contributed by atoms with Crippen LogP contribution in [0.3, 0.4) is 0 Å². The number of nitrogens with two attached hydrogens (primary N) is 1. The van der Waals surface area contributed by atoms with Crippen LogP contribution in [-0.4, -0.2) is 55.5 Å². The highest BCUT2D eigenvalue weighted by atomic mass is 16.5. The predicted molar refractivity (Wildman–Crippen MR) is 84.3 cm³/mol. The summed E-state index contributed by atoms with van der Waals surface area (Å²) in [4.78, 5) is 16.0. The summed E-state index contributed by atoms with van der Waals surface area (Å²) in [7, 11) is 1.98. The molecule has 1 aliphatic rings. The number of hydrogen-bond donors (Lipinski definition) is 1. The summed E-state index contributed by atoms with van der Waals surface area (Å²) in [6, 6.07) is 7.40. The minimum absolute atomic E-state index is 0.245. The number of benzene rings is 1. The number of ether oxygens (including phenoxy) is 1. The predicted octanol–water partition coefficient (Wildman–Crippen LogP) is 1.59. The summed E-state index contributed by atoms with van der Waals surface area (Å²) < 4.78 is 5.64. The number of nitrogen functional groups attached to an aromatic ring is 1. The second-order valence-corrected chi connectivity index (χ2v) is 5.60. The van der Waals surface area contributed by atoms with E-state index in [1.54, 1.807) is 0 Å². The van der Waals surface area contributed by atoms with Crippen LogP contribution in [0.1, 0.15) is 19.3 Å². The van der Waals surface area contributed by atoms with Crippen LogP contribution >= 0.6 is 0 Å². The van der Waals surface area contributed by atoms with Gasteiger partial charge in [0.15, 0.2) is 0 Å². The monoisotopic (exact) mass is 291 g/mol. The van der Waals surface area contributed by atoms with Crippen LogP contribution in [0.15, 0.2) is 24.3 Å². The van der Waals surface area contributed by atoms with Gasteiger partial charge in [-0.05, 0) is 50.6 Å². The van der Waals surface area contributed by atoms with Crippen molar-refractivity contribution < 1.29 is 9.53 Å². The van der Waals surface area contributed by atoms with Gasteiger partial charge in [-0.25, -0.2) is 0 Å². The third-order valence-electron chi connectivity index (χ3n) is 3.70. The molecule has 2 rings (SSSR count). The third-order valence-corrected chi connectivity index (χ3v) is 3.70. The van der Waals surface area contributed by atoms with Crippen molar-refractivity contribution in [2.75, 3.05) is 45.6 Å². The molecule has 21 heavy (non-hydrogen) atoms. The molecule has 0 unspecified atom stereocenters. The van der Waals surface area contributed by atoms with E-state index >= 15 is 0 Å². The second kappa shape index (κ2) is 7.88. The van der Waals surface area contributed by atoms with Crippen molar-refractivity contribution >= 4 is 11.6 Å². The summed E-state index contributed by atoms with van der Waals surface area (Å²) in [5.74, 6) is 1.08. The number of anilines is 1. The number of likely N-dealkylation sites (N-methyl/N-ethyl adjacent to an activating group) is 1. The number of hydrogen-bond acceptors (Lipinski definition) is 4. The van der Waals surface area contributed by atoms with E-state index in [1.165, 1.54) is 0 Å². The zero-order chi connectivity index (χ0) is 15.1. The van der Waals surface area contributed by atoms with Crippen molar-refractivity contribution in [2.45, 2.75) is 19.3 Å². The molecule has 0 saturated carbocycles. The van der Waals surface area contributed by atoms with Crippen LogP contribution in [-0.2, 0) is 4.79 Å². The van der Waals surface area contributed by atoms with Gasteiger partial charge in [0.05, 0.1) is 13.2 Å². The summed E-state index contributed by atoms with van der Waals surface area (Å²) in [5, 5.41) is 0. The number of carbonyl (C=O) groups is 1. The van der Waals surface area contributed by atoms with Crippen molar-refractivity contribution in [1.29, 1.82) is 0 Å². The van der Waals surface area contributed by atoms with E-state index in [0.29, 0.717) is 13.2 Å². The average Bonchev–Trinajstić information content (AvgIpc) is 3.00. The number of amides is 1. The van der Waals surface area contributed by atoms with Crippen molar-refractivity contribution in [3.63, 3.8) is 0 Å². The first-order valence-electron chi connectivity index (χ1n) is 7.60. The van der Waals surface area contributed by atoms with Gasteiger partial charge in [0.2, 0.25) is 5.91 Å². The molecule has 0 aromatic heterocycles. The van der Waals surface area contributed by atoms with Crippen molar-refractivity contribution in [3.8, 4) is 5.75 Å². The van der Waals surface area contributed by atoms with Crippen molar-refractivity contribution in [2.24, 2.45) is 0 Å². The van der Waals surface area contributed by atoms with Gasteiger partial charge in [0, 0.05) is 25.3 Å². The van der Waals surface area contributed by atoms with E-state index in [2.05, 4.69) is 4.90 Å². The number of nitrogens with zero attached hydrogens (tertiary/aromatic N) is 2. The topological polar surface area (TPSA) is 58.8 Å². The SMILES string of the molecule is CN(CCCOc1ccc(N)cc1)CC(=O)N1CCCC1. The Labute approximate surface area is 126 Å². The first-order valence-corrected chi connectivity index (χ1v) is 7.60. The second-order valence-electron chi connectivity index (χ2n) is 5.60. The lowest BCUT2D eigenvalue weighted by Crippen LogP contribution is -2.37. The van der Waals surface area contributed by atoms with Crippen LogP contribution in [0.4, 0.5) is 5.69 Å². The smallest absolute Gasteiger partial charge is 0.236 e. The van der Waals surface area contributed by atoms with Crippen LogP contribution < -0.4 is 10.5 Å². The normalized spacial score (nSPS) is 14.7.